The molecule has 0 aliphatic rings. The fourth-order valence-corrected chi connectivity index (χ4v) is 1.22. The summed E-state index contributed by atoms with van der Waals surface area (Å²) in [7, 11) is 0. The van der Waals surface area contributed by atoms with E-state index in [0.717, 1.165) is 5.56 Å². The summed E-state index contributed by atoms with van der Waals surface area (Å²) in [5, 5.41) is 17.7. The summed E-state index contributed by atoms with van der Waals surface area (Å²) in [6.07, 6.45) is -0.665. The van der Waals surface area contributed by atoms with Gasteiger partial charge in [-0.05, 0) is 24.2 Å². The maximum atomic E-state index is 10.8. The van der Waals surface area contributed by atoms with Crippen LogP contribution < -0.4 is 10.5 Å². The zero-order valence-corrected chi connectivity index (χ0v) is 8.80. The summed E-state index contributed by atoms with van der Waals surface area (Å²) in [5.74, 6) is -0.574. The van der Waals surface area contributed by atoms with Gasteiger partial charge in [0.25, 0.3) is 0 Å². The summed E-state index contributed by atoms with van der Waals surface area (Å²) in [4.78, 5) is 10.8. The van der Waals surface area contributed by atoms with Gasteiger partial charge in [0.15, 0.2) is 6.10 Å². The molecule has 0 radical (unpaired) electrons. The van der Waals surface area contributed by atoms with Crippen LogP contribution in [0.25, 0.3) is 0 Å². The Morgan fingerprint density at radius 2 is 2.00 bits per heavy atom. The Morgan fingerprint density at radius 3 is 2.44 bits per heavy atom. The van der Waals surface area contributed by atoms with E-state index in [-0.39, 0.29) is 19.6 Å². The van der Waals surface area contributed by atoms with E-state index < -0.39 is 12.1 Å². The van der Waals surface area contributed by atoms with Crippen LogP contribution in [0.3, 0.4) is 0 Å². The maximum absolute atomic E-state index is 10.8. The van der Waals surface area contributed by atoms with E-state index in [4.69, 9.17) is 20.7 Å². The molecule has 1 unspecified atom stereocenters. The van der Waals surface area contributed by atoms with E-state index in [2.05, 4.69) is 0 Å². The number of aliphatic hydroxyl groups is 1. The smallest absolute Gasteiger partial charge is 0.344 e. The SMILES string of the molecule is NCCC(Oc1ccc(CO)cc1)C(=O)O. The van der Waals surface area contributed by atoms with Crippen LogP contribution in [-0.2, 0) is 11.4 Å². The molecule has 1 aromatic rings. The molecule has 0 amide bonds. The van der Waals surface area contributed by atoms with Crippen molar-refractivity contribution < 1.29 is 19.7 Å². The Kier molecular flexibility index (Phi) is 4.75. The van der Waals surface area contributed by atoms with Gasteiger partial charge in [-0.25, -0.2) is 4.79 Å². The number of ether oxygens (including phenoxy) is 1. The molecular formula is C11H15NO4. The van der Waals surface area contributed by atoms with Gasteiger partial charge in [-0.1, -0.05) is 12.1 Å². The second-order valence-electron chi connectivity index (χ2n) is 3.32. The Balaban J connectivity index is 2.65. The highest BCUT2D eigenvalue weighted by Crippen LogP contribution is 2.15. The van der Waals surface area contributed by atoms with Gasteiger partial charge >= 0.3 is 5.97 Å². The van der Waals surface area contributed by atoms with Crippen molar-refractivity contribution in [3.8, 4) is 5.75 Å². The molecule has 1 atom stereocenters. The molecule has 0 fully saturated rings. The molecule has 0 saturated heterocycles. The van der Waals surface area contributed by atoms with Crippen molar-refractivity contribution in [3.63, 3.8) is 0 Å². The molecule has 16 heavy (non-hydrogen) atoms. The molecule has 1 rings (SSSR count). The number of aliphatic carboxylic acids is 1. The molecule has 0 heterocycles. The fourth-order valence-electron chi connectivity index (χ4n) is 1.22. The Labute approximate surface area is 93.5 Å². The third-order valence-electron chi connectivity index (χ3n) is 2.09. The molecule has 0 saturated carbocycles. The average Bonchev–Trinajstić information content (AvgIpc) is 2.29. The van der Waals surface area contributed by atoms with Crippen LogP contribution in [0.15, 0.2) is 24.3 Å². The summed E-state index contributed by atoms with van der Waals surface area (Å²) < 4.78 is 5.25. The maximum Gasteiger partial charge on any atom is 0.344 e. The van der Waals surface area contributed by atoms with Crippen LogP contribution in [0.2, 0.25) is 0 Å². The first kappa shape index (κ1) is 12.5. The van der Waals surface area contributed by atoms with Gasteiger partial charge in [0.05, 0.1) is 6.61 Å². The number of hydrogen-bond donors (Lipinski definition) is 3. The monoisotopic (exact) mass is 225 g/mol. The van der Waals surface area contributed by atoms with Crippen LogP contribution in [0, 0.1) is 0 Å². The number of carboxylic acids is 1. The number of aliphatic hydroxyl groups excluding tert-OH is 1. The molecule has 5 heteroatoms. The zero-order valence-electron chi connectivity index (χ0n) is 8.80. The summed E-state index contributed by atoms with van der Waals surface area (Å²) in [5.41, 5.74) is 6.04. The standard InChI is InChI=1S/C11H15NO4/c12-6-5-10(11(14)15)16-9-3-1-8(7-13)2-4-9/h1-4,10,13H,5-7,12H2,(H,14,15). The van der Waals surface area contributed by atoms with Gasteiger partial charge < -0.3 is 20.7 Å². The lowest BCUT2D eigenvalue weighted by Gasteiger charge is -2.14. The lowest BCUT2D eigenvalue weighted by Crippen LogP contribution is -2.29. The second-order valence-corrected chi connectivity index (χ2v) is 3.32. The first-order chi connectivity index (χ1) is 7.67. The summed E-state index contributed by atoms with van der Waals surface area (Å²) in [6.45, 7) is 0.205. The normalized spacial score (nSPS) is 12.1. The number of nitrogens with two attached hydrogens (primary N) is 1. The largest absolute Gasteiger partial charge is 0.479 e. The van der Waals surface area contributed by atoms with Crippen LogP contribution >= 0.6 is 0 Å². The second kappa shape index (κ2) is 6.09. The quantitative estimate of drug-likeness (QED) is 0.650. The lowest BCUT2D eigenvalue weighted by molar-refractivity contribution is -0.145. The molecule has 0 aliphatic heterocycles. The van der Waals surface area contributed by atoms with Crippen molar-refractivity contribution >= 4 is 5.97 Å². The zero-order chi connectivity index (χ0) is 12.0. The minimum Gasteiger partial charge on any atom is -0.479 e. The van der Waals surface area contributed by atoms with E-state index in [1.54, 1.807) is 24.3 Å². The van der Waals surface area contributed by atoms with E-state index >= 15 is 0 Å². The molecule has 0 aliphatic carbocycles. The van der Waals surface area contributed by atoms with Crippen molar-refractivity contribution in [2.24, 2.45) is 5.73 Å². The van der Waals surface area contributed by atoms with Crippen molar-refractivity contribution in [1.29, 1.82) is 0 Å². The van der Waals surface area contributed by atoms with Gasteiger partial charge in [0.1, 0.15) is 5.75 Å². The first-order valence-corrected chi connectivity index (χ1v) is 4.96. The van der Waals surface area contributed by atoms with Crippen LogP contribution in [0.4, 0.5) is 0 Å². The Morgan fingerprint density at radius 1 is 1.38 bits per heavy atom. The molecule has 88 valence electrons. The number of hydrogen-bond acceptors (Lipinski definition) is 4. The Hall–Kier alpha value is -1.59. The third kappa shape index (κ3) is 3.52. The highest BCUT2D eigenvalue weighted by atomic mass is 16.5. The fraction of sp³-hybridized carbons (Fsp3) is 0.364. The van der Waals surface area contributed by atoms with Gasteiger partial charge in [0, 0.05) is 6.42 Å². The molecular weight excluding hydrogens is 210 g/mol. The number of carboxylic acid groups (broad SMARTS) is 1. The van der Waals surface area contributed by atoms with Crippen molar-refractivity contribution in [2.45, 2.75) is 19.1 Å². The van der Waals surface area contributed by atoms with Crippen LogP contribution in [-0.4, -0.2) is 28.8 Å². The van der Waals surface area contributed by atoms with Gasteiger partial charge in [-0.2, -0.15) is 0 Å². The van der Waals surface area contributed by atoms with Crippen molar-refractivity contribution in [1.82, 2.24) is 0 Å². The Bertz CT molecular complexity index is 336. The van der Waals surface area contributed by atoms with Gasteiger partial charge in [-0.3, -0.25) is 0 Å². The van der Waals surface area contributed by atoms with Crippen molar-refractivity contribution in [3.05, 3.63) is 29.8 Å². The highest BCUT2D eigenvalue weighted by molar-refractivity contribution is 5.72. The number of carbonyl (C=O) groups is 1. The molecule has 5 nitrogen and oxygen atoms in total. The van der Waals surface area contributed by atoms with E-state index in [1.807, 2.05) is 0 Å². The molecule has 0 bridgehead atoms. The van der Waals surface area contributed by atoms with Crippen LogP contribution in [0.1, 0.15) is 12.0 Å². The molecule has 0 aromatic heterocycles. The van der Waals surface area contributed by atoms with E-state index in [1.165, 1.54) is 0 Å². The minimum absolute atomic E-state index is 0.0502. The van der Waals surface area contributed by atoms with E-state index in [0.29, 0.717) is 5.75 Å². The highest BCUT2D eigenvalue weighted by Gasteiger charge is 2.17. The molecule has 0 spiro atoms. The van der Waals surface area contributed by atoms with Gasteiger partial charge in [-0.15, -0.1) is 0 Å². The number of benzene rings is 1. The molecule has 1 aromatic carbocycles. The molecule has 4 N–H and O–H groups in total. The predicted octanol–water partition coefficient (Wildman–Crippen LogP) is 0.360. The van der Waals surface area contributed by atoms with Gasteiger partial charge in [0.2, 0.25) is 0 Å². The van der Waals surface area contributed by atoms with Crippen molar-refractivity contribution in [2.75, 3.05) is 6.54 Å². The lowest BCUT2D eigenvalue weighted by atomic mass is 10.2. The van der Waals surface area contributed by atoms with E-state index in [9.17, 15) is 4.79 Å². The predicted molar refractivity (Wildman–Crippen MR) is 58.1 cm³/mol. The number of rotatable bonds is 6. The topological polar surface area (TPSA) is 92.8 Å². The third-order valence-corrected chi connectivity index (χ3v) is 2.09. The summed E-state index contributed by atoms with van der Waals surface area (Å²) in [6, 6.07) is 6.60. The minimum atomic E-state index is -1.03. The first-order valence-electron chi connectivity index (χ1n) is 4.96. The summed E-state index contributed by atoms with van der Waals surface area (Å²) >= 11 is 0. The van der Waals surface area contributed by atoms with Crippen LogP contribution in [0.5, 0.6) is 5.75 Å². The average molecular weight is 225 g/mol.